The SMILES string of the molecule is Cc1ccc(C)c(OCCNC(=O)N2CCN(C=O)CC2)c1. The predicted octanol–water partition coefficient (Wildman–Crippen LogP) is 1.17. The highest BCUT2D eigenvalue weighted by atomic mass is 16.5. The van der Waals surface area contributed by atoms with E-state index in [2.05, 4.69) is 5.32 Å². The third-order valence-corrected chi connectivity index (χ3v) is 3.73. The summed E-state index contributed by atoms with van der Waals surface area (Å²) in [6.45, 7) is 7.24. The monoisotopic (exact) mass is 305 g/mol. The van der Waals surface area contributed by atoms with E-state index in [-0.39, 0.29) is 6.03 Å². The van der Waals surface area contributed by atoms with Gasteiger partial charge in [-0.25, -0.2) is 4.79 Å². The molecule has 0 bridgehead atoms. The Kier molecular flexibility index (Phi) is 5.63. The molecule has 6 nitrogen and oxygen atoms in total. The first-order chi connectivity index (χ1) is 10.6. The summed E-state index contributed by atoms with van der Waals surface area (Å²) in [7, 11) is 0. The van der Waals surface area contributed by atoms with E-state index < -0.39 is 0 Å². The number of rotatable bonds is 5. The number of amides is 3. The number of aryl methyl sites for hydroxylation is 2. The van der Waals surface area contributed by atoms with Crippen LogP contribution >= 0.6 is 0 Å². The van der Waals surface area contributed by atoms with Crippen LogP contribution in [0.4, 0.5) is 4.79 Å². The molecule has 0 spiro atoms. The Labute approximate surface area is 131 Å². The van der Waals surface area contributed by atoms with Gasteiger partial charge in [0.15, 0.2) is 0 Å². The predicted molar refractivity (Wildman–Crippen MR) is 84.0 cm³/mol. The van der Waals surface area contributed by atoms with Crippen molar-refractivity contribution >= 4 is 12.4 Å². The highest BCUT2D eigenvalue weighted by molar-refractivity contribution is 5.74. The van der Waals surface area contributed by atoms with Crippen LogP contribution < -0.4 is 10.1 Å². The molecule has 1 aromatic rings. The van der Waals surface area contributed by atoms with Crippen molar-refractivity contribution in [3.05, 3.63) is 29.3 Å². The first-order valence-corrected chi connectivity index (χ1v) is 7.52. The van der Waals surface area contributed by atoms with Crippen LogP contribution in [0, 0.1) is 13.8 Å². The van der Waals surface area contributed by atoms with Gasteiger partial charge in [0.05, 0.1) is 6.54 Å². The van der Waals surface area contributed by atoms with E-state index in [1.807, 2.05) is 32.0 Å². The molecule has 0 aliphatic carbocycles. The molecule has 1 fully saturated rings. The lowest BCUT2D eigenvalue weighted by Crippen LogP contribution is -2.51. The number of carbonyl (C=O) groups excluding carboxylic acids is 2. The quantitative estimate of drug-likeness (QED) is 0.656. The molecule has 0 aromatic heterocycles. The van der Waals surface area contributed by atoms with Crippen LogP contribution in [0.25, 0.3) is 0 Å². The molecule has 1 saturated heterocycles. The van der Waals surface area contributed by atoms with Crippen LogP contribution in [0.3, 0.4) is 0 Å². The third-order valence-electron chi connectivity index (χ3n) is 3.73. The van der Waals surface area contributed by atoms with Crippen LogP contribution in [-0.4, -0.2) is 61.6 Å². The van der Waals surface area contributed by atoms with Crippen molar-refractivity contribution in [2.75, 3.05) is 39.3 Å². The zero-order chi connectivity index (χ0) is 15.9. The highest BCUT2D eigenvalue weighted by Gasteiger charge is 2.19. The van der Waals surface area contributed by atoms with Gasteiger partial charge in [0.1, 0.15) is 12.4 Å². The Morgan fingerprint density at radius 1 is 1.27 bits per heavy atom. The summed E-state index contributed by atoms with van der Waals surface area (Å²) in [5.74, 6) is 0.855. The topological polar surface area (TPSA) is 61.9 Å². The maximum absolute atomic E-state index is 12.0. The lowest BCUT2D eigenvalue weighted by Gasteiger charge is -2.32. The summed E-state index contributed by atoms with van der Waals surface area (Å²) in [4.78, 5) is 26.0. The van der Waals surface area contributed by atoms with E-state index in [4.69, 9.17) is 4.74 Å². The minimum atomic E-state index is -0.102. The van der Waals surface area contributed by atoms with Gasteiger partial charge in [-0.3, -0.25) is 4.79 Å². The fourth-order valence-electron chi connectivity index (χ4n) is 2.32. The van der Waals surface area contributed by atoms with Crippen LogP contribution in [0.2, 0.25) is 0 Å². The minimum absolute atomic E-state index is 0.102. The molecule has 0 atom stereocenters. The zero-order valence-corrected chi connectivity index (χ0v) is 13.2. The number of nitrogens with one attached hydrogen (secondary N) is 1. The number of hydrogen-bond donors (Lipinski definition) is 1. The Morgan fingerprint density at radius 2 is 2.00 bits per heavy atom. The third kappa shape index (κ3) is 4.38. The maximum Gasteiger partial charge on any atom is 0.317 e. The van der Waals surface area contributed by atoms with Crippen molar-refractivity contribution in [2.24, 2.45) is 0 Å². The summed E-state index contributed by atoms with van der Waals surface area (Å²) in [5, 5.41) is 2.84. The second-order valence-electron chi connectivity index (χ2n) is 5.48. The fraction of sp³-hybridized carbons (Fsp3) is 0.500. The molecule has 0 unspecified atom stereocenters. The van der Waals surface area contributed by atoms with Crippen molar-refractivity contribution in [1.82, 2.24) is 15.1 Å². The standard InChI is InChI=1S/C16H23N3O3/c1-13-3-4-14(2)15(11-13)22-10-5-17-16(21)19-8-6-18(12-20)7-9-19/h3-4,11-12H,5-10H2,1-2H3,(H,17,21). The summed E-state index contributed by atoms with van der Waals surface area (Å²) in [6, 6.07) is 5.96. The molecule has 2 rings (SSSR count). The molecule has 1 aliphatic heterocycles. The van der Waals surface area contributed by atoms with Gasteiger partial charge >= 0.3 is 6.03 Å². The van der Waals surface area contributed by atoms with E-state index in [1.165, 1.54) is 0 Å². The molecule has 22 heavy (non-hydrogen) atoms. The van der Waals surface area contributed by atoms with Crippen molar-refractivity contribution < 1.29 is 14.3 Å². The Balaban J connectivity index is 1.69. The molecule has 1 N–H and O–H groups in total. The van der Waals surface area contributed by atoms with Gasteiger partial charge < -0.3 is 19.9 Å². The van der Waals surface area contributed by atoms with Crippen LogP contribution in [0.5, 0.6) is 5.75 Å². The van der Waals surface area contributed by atoms with E-state index in [9.17, 15) is 9.59 Å². The first-order valence-electron chi connectivity index (χ1n) is 7.52. The van der Waals surface area contributed by atoms with E-state index in [0.717, 1.165) is 23.3 Å². The molecule has 3 amide bonds. The molecule has 1 aliphatic rings. The van der Waals surface area contributed by atoms with Gasteiger partial charge in [0.25, 0.3) is 0 Å². The normalized spacial score (nSPS) is 14.6. The van der Waals surface area contributed by atoms with Gasteiger partial charge in [-0.15, -0.1) is 0 Å². The van der Waals surface area contributed by atoms with Crippen LogP contribution in [-0.2, 0) is 4.79 Å². The molecule has 1 aromatic carbocycles. The van der Waals surface area contributed by atoms with E-state index in [1.54, 1.807) is 9.80 Å². The summed E-state index contributed by atoms with van der Waals surface area (Å²) in [5.41, 5.74) is 2.24. The molecule has 0 saturated carbocycles. The largest absolute Gasteiger partial charge is 0.491 e. The maximum atomic E-state index is 12.0. The number of ether oxygens (including phenoxy) is 1. The van der Waals surface area contributed by atoms with Crippen molar-refractivity contribution in [2.45, 2.75) is 13.8 Å². The molecular weight excluding hydrogens is 282 g/mol. The van der Waals surface area contributed by atoms with E-state index in [0.29, 0.717) is 39.3 Å². The second kappa shape index (κ2) is 7.68. The summed E-state index contributed by atoms with van der Waals surface area (Å²) >= 11 is 0. The summed E-state index contributed by atoms with van der Waals surface area (Å²) < 4.78 is 5.70. The van der Waals surface area contributed by atoms with Crippen LogP contribution in [0.1, 0.15) is 11.1 Å². The number of benzene rings is 1. The number of piperazine rings is 1. The molecule has 6 heteroatoms. The van der Waals surface area contributed by atoms with Crippen LogP contribution in [0.15, 0.2) is 18.2 Å². The lowest BCUT2D eigenvalue weighted by atomic mass is 10.1. The molecule has 120 valence electrons. The zero-order valence-electron chi connectivity index (χ0n) is 13.2. The second-order valence-corrected chi connectivity index (χ2v) is 5.48. The average Bonchev–Trinajstić information content (AvgIpc) is 2.54. The van der Waals surface area contributed by atoms with E-state index >= 15 is 0 Å². The van der Waals surface area contributed by atoms with Gasteiger partial charge in [-0.1, -0.05) is 12.1 Å². The number of carbonyl (C=O) groups is 2. The first kappa shape index (κ1) is 16.1. The van der Waals surface area contributed by atoms with Gasteiger partial charge in [0.2, 0.25) is 6.41 Å². The Morgan fingerprint density at radius 3 is 2.68 bits per heavy atom. The number of urea groups is 1. The Hall–Kier alpha value is -2.24. The lowest BCUT2D eigenvalue weighted by molar-refractivity contribution is -0.119. The molecule has 0 radical (unpaired) electrons. The molecular formula is C16H23N3O3. The van der Waals surface area contributed by atoms with Gasteiger partial charge in [0, 0.05) is 26.2 Å². The minimum Gasteiger partial charge on any atom is -0.491 e. The van der Waals surface area contributed by atoms with Gasteiger partial charge in [-0.2, -0.15) is 0 Å². The fourth-order valence-corrected chi connectivity index (χ4v) is 2.32. The number of nitrogens with zero attached hydrogens (tertiary/aromatic N) is 2. The van der Waals surface area contributed by atoms with Crippen molar-refractivity contribution in [3.63, 3.8) is 0 Å². The van der Waals surface area contributed by atoms with Gasteiger partial charge in [-0.05, 0) is 31.0 Å². The smallest absolute Gasteiger partial charge is 0.317 e. The van der Waals surface area contributed by atoms with Crippen molar-refractivity contribution in [3.8, 4) is 5.75 Å². The average molecular weight is 305 g/mol. The van der Waals surface area contributed by atoms with Crippen molar-refractivity contribution in [1.29, 1.82) is 0 Å². The molecule has 1 heterocycles. The Bertz CT molecular complexity index is 525. The highest BCUT2D eigenvalue weighted by Crippen LogP contribution is 2.18. The summed E-state index contributed by atoms with van der Waals surface area (Å²) in [6.07, 6.45) is 0.827. The number of hydrogen-bond acceptors (Lipinski definition) is 3.